The SMILES string of the molecule is Cc1cc(C)n2nc(C(=O)N(C)C(C)c3ccc(-n4cncn4)cc3)nc2n1. The number of nitrogens with zero attached hydrogens (tertiary/aromatic N) is 8. The second-order valence-electron chi connectivity index (χ2n) is 6.71. The van der Waals surface area contributed by atoms with Crippen LogP contribution >= 0.6 is 0 Å². The highest BCUT2D eigenvalue weighted by Gasteiger charge is 2.23. The van der Waals surface area contributed by atoms with Crippen molar-refractivity contribution < 1.29 is 4.79 Å². The quantitative estimate of drug-likeness (QED) is 0.542. The van der Waals surface area contributed by atoms with E-state index in [1.165, 1.54) is 6.33 Å². The molecule has 0 N–H and O–H groups in total. The van der Waals surface area contributed by atoms with Crippen molar-refractivity contribution in [2.24, 2.45) is 0 Å². The fourth-order valence-electron chi connectivity index (χ4n) is 3.06. The van der Waals surface area contributed by atoms with Gasteiger partial charge in [-0.2, -0.15) is 10.1 Å². The lowest BCUT2D eigenvalue weighted by Gasteiger charge is -2.24. The Morgan fingerprint density at radius 3 is 2.57 bits per heavy atom. The number of fused-ring (bicyclic) bond motifs is 1. The van der Waals surface area contributed by atoms with Gasteiger partial charge in [-0.25, -0.2) is 19.2 Å². The van der Waals surface area contributed by atoms with Crippen molar-refractivity contribution in [1.29, 1.82) is 0 Å². The summed E-state index contributed by atoms with van der Waals surface area (Å²) in [4.78, 5) is 27.1. The van der Waals surface area contributed by atoms with Gasteiger partial charge in [0.2, 0.25) is 5.82 Å². The second kappa shape index (κ2) is 6.84. The minimum atomic E-state index is -0.254. The molecule has 0 bridgehead atoms. The van der Waals surface area contributed by atoms with Gasteiger partial charge in [0.1, 0.15) is 12.7 Å². The van der Waals surface area contributed by atoms with E-state index in [9.17, 15) is 4.79 Å². The Hall–Kier alpha value is -3.62. The van der Waals surface area contributed by atoms with E-state index in [0.717, 1.165) is 22.6 Å². The summed E-state index contributed by atoms with van der Waals surface area (Å²) in [5, 5.41) is 8.45. The number of rotatable bonds is 4. The van der Waals surface area contributed by atoms with Crippen LogP contribution in [-0.2, 0) is 0 Å². The molecule has 3 heterocycles. The van der Waals surface area contributed by atoms with Crippen molar-refractivity contribution in [1.82, 2.24) is 39.2 Å². The van der Waals surface area contributed by atoms with Gasteiger partial charge >= 0.3 is 0 Å². The summed E-state index contributed by atoms with van der Waals surface area (Å²) in [7, 11) is 1.75. The minimum absolute atomic E-state index is 0.134. The molecule has 1 aromatic carbocycles. The fourth-order valence-corrected chi connectivity index (χ4v) is 3.06. The smallest absolute Gasteiger partial charge is 0.293 e. The van der Waals surface area contributed by atoms with Crippen LogP contribution in [-0.4, -0.2) is 52.2 Å². The predicted octanol–water partition coefficient (Wildman–Crippen LogP) is 2.16. The first-order valence-corrected chi connectivity index (χ1v) is 8.87. The molecule has 0 spiro atoms. The Kier molecular flexibility index (Phi) is 4.34. The molecule has 0 aliphatic rings. The van der Waals surface area contributed by atoms with Crippen molar-refractivity contribution in [2.45, 2.75) is 26.8 Å². The number of benzene rings is 1. The third-order valence-electron chi connectivity index (χ3n) is 4.77. The maximum absolute atomic E-state index is 12.9. The molecule has 28 heavy (non-hydrogen) atoms. The lowest BCUT2D eigenvalue weighted by atomic mass is 10.1. The Bertz CT molecular complexity index is 1130. The number of amides is 1. The van der Waals surface area contributed by atoms with Crippen LogP contribution in [0.5, 0.6) is 0 Å². The van der Waals surface area contributed by atoms with Crippen LogP contribution in [0.3, 0.4) is 0 Å². The number of hydrogen-bond donors (Lipinski definition) is 0. The van der Waals surface area contributed by atoms with Gasteiger partial charge in [-0.1, -0.05) is 12.1 Å². The zero-order valence-corrected chi connectivity index (χ0v) is 16.1. The highest BCUT2D eigenvalue weighted by Crippen LogP contribution is 2.21. The summed E-state index contributed by atoms with van der Waals surface area (Å²) >= 11 is 0. The summed E-state index contributed by atoms with van der Waals surface area (Å²) in [6.07, 6.45) is 3.13. The number of aryl methyl sites for hydroxylation is 2. The third-order valence-corrected chi connectivity index (χ3v) is 4.77. The highest BCUT2D eigenvalue weighted by molar-refractivity contribution is 5.91. The first kappa shape index (κ1) is 17.8. The maximum Gasteiger partial charge on any atom is 0.293 e. The van der Waals surface area contributed by atoms with Gasteiger partial charge in [-0.15, -0.1) is 5.10 Å². The zero-order chi connectivity index (χ0) is 19.8. The zero-order valence-electron chi connectivity index (χ0n) is 16.1. The average Bonchev–Trinajstić information content (AvgIpc) is 3.36. The topological polar surface area (TPSA) is 94.1 Å². The van der Waals surface area contributed by atoms with Crippen molar-refractivity contribution in [3.8, 4) is 5.69 Å². The highest BCUT2D eigenvalue weighted by atomic mass is 16.2. The Labute approximate surface area is 161 Å². The van der Waals surface area contributed by atoms with Gasteiger partial charge in [0.05, 0.1) is 11.7 Å². The number of hydrogen-bond acceptors (Lipinski definition) is 6. The molecule has 9 nitrogen and oxygen atoms in total. The maximum atomic E-state index is 12.9. The van der Waals surface area contributed by atoms with Gasteiger partial charge in [-0.05, 0) is 44.5 Å². The number of carbonyl (C=O) groups excluding carboxylic acids is 1. The minimum Gasteiger partial charge on any atom is -0.332 e. The van der Waals surface area contributed by atoms with Gasteiger partial charge in [-0.3, -0.25) is 4.79 Å². The summed E-state index contributed by atoms with van der Waals surface area (Å²) in [5.74, 6) is 0.310. The number of carbonyl (C=O) groups is 1. The van der Waals surface area contributed by atoms with E-state index >= 15 is 0 Å². The second-order valence-corrected chi connectivity index (χ2v) is 6.71. The molecule has 4 rings (SSSR count). The van der Waals surface area contributed by atoms with Crippen molar-refractivity contribution >= 4 is 11.7 Å². The van der Waals surface area contributed by atoms with E-state index in [-0.39, 0.29) is 17.8 Å². The van der Waals surface area contributed by atoms with Crippen molar-refractivity contribution in [3.63, 3.8) is 0 Å². The molecule has 3 aromatic heterocycles. The molecule has 1 unspecified atom stereocenters. The van der Waals surface area contributed by atoms with Crippen LogP contribution < -0.4 is 0 Å². The molecule has 0 saturated carbocycles. The largest absolute Gasteiger partial charge is 0.332 e. The molecule has 0 saturated heterocycles. The molecular weight excluding hydrogens is 356 g/mol. The Morgan fingerprint density at radius 2 is 1.89 bits per heavy atom. The van der Waals surface area contributed by atoms with E-state index in [4.69, 9.17) is 0 Å². The first-order valence-electron chi connectivity index (χ1n) is 8.87. The van der Waals surface area contributed by atoms with Gasteiger partial charge in [0.15, 0.2) is 0 Å². The third kappa shape index (κ3) is 3.11. The van der Waals surface area contributed by atoms with Crippen LogP contribution in [0, 0.1) is 13.8 Å². The molecular formula is C19H20N8O. The lowest BCUT2D eigenvalue weighted by molar-refractivity contribution is 0.0730. The van der Waals surface area contributed by atoms with Gasteiger partial charge in [0, 0.05) is 18.4 Å². The first-order chi connectivity index (χ1) is 13.4. The number of aromatic nitrogens is 7. The lowest BCUT2D eigenvalue weighted by Crippen LogP contribution is -2.30. The van der Waals surface area contributed by atoms with E-state index in [0.29, 0.717) is 5.78 Å². The monoisotopic (exact) mass is 376 g/mol. The Balaban J connectivity index is 1.57. The van der Waals surface area contributed by atoms with Crippen LogP contribution in [0.15, 0.2) is 43.0 Å². The molecule has 0 radical (unpaired) electrons. The fraction of sp³-hybridized carbons (Fsp3) is 0.263. The van der Waals surface area contributed by atoms with Gasteiger partial charge < -0.3 is 4.90 Å². The van der Waals surface area contributed by atoms with E-state index in [1.807, 2.05) is 51.1 Å². The molecule has 1 atom stereocenters. The van der Waals surface area contributed by atoms with E-state index < -0.39 is 0 Å². The summed E-state index contributed by atoms with van der Waals surface area (Å²) < 4.78 is 3.27. The van der Waals surface area contributed by atoms with Crippen molar-refractivity contribution in [2.75, 3.05) is 7.05 Å². The molecule has 0 aliphatic heterocycles. The van der Waals surface area contributed by atoms with Crippen LogP contribution in [0.25, 0.3) is 11.5 Å². The van der Waals surface area contributed by atoms with Crippen molar-refractivity contribution in [3.05, 3.63) is 65.8 Å². The summed E-state index contributed by atoms with van der Waals surface area (Å²) in [6.45, 7) is 5.76. The molecule has 1 amide bonds. The molecule has 4 aromatic rings. The van der Waals surface area contributed by atoms with Crippen LogP contribution in [0.2, 0.25) is 0 Å². The Morgan fingerprint density at radius 1 is 1.14 bits per heavy atom. The van der Waals surface area contributed by atoms with Crippen LogP contribution in [0.4, 0.5) is 0 Å². The van der Waals surface area contributed by atoms with Gasteiger partial charge in [0.25, 0.3) is 11.7 Å². The average molecular weight is 376 g/mol. The van der Waals surface area contributed by atoms with Crippen LogP contribution in [0.1, 0.15) is 40.5 Å². The molecule has 142 valence electrons. The predicted molar refractivity (Wildman–Crippen MR) is 102 cm³/mol. The van der Waals surface area contributed by atoms with E-state index in [1.54, 1.807) is 27.5 Å². The summed E-state index contributed by atoms with van der Waals surface area (Å²) in [6, 6.07) is 9.57. The summed E-state index contributed by atoms with van der Waals surface area (Å²) in [5.41, 5.74) is 3.62. The molecule has 9 heteroatoms. The normalized spacial score (nSPS) is 12.3. The molecule has 0 fully saturated rings. The molecule has 0 aliphatic carbocycles. The van der Waals surface area contributed by atoms with E-state index in [2.05, 4.69) is 25.1 Å². The standard InChI is InChI=1S/C19H20N8O/c1-12-9-13(2)27-19(22-12)23-17(24-27)18(28)25(4)14(3)15-5-7-16(8-6-15)26-11-20-10-21-26/h5-11,14H,1-4H3.